The van der Waals surface area contributed by atoms with Crippen LogP contribution in [0.5, 0.6) is 0 Å². The first kappa shape index (κ1) is 18.1. The Morgan fingerprint density at radius 2 is 2.25 bits per heavy atom. The van der Waals surface area contributed by atoms with Gasteiger partial charge < -0.3 is 15.2 Å². The minimum atomic E-state index is -1.16. The summed E-state index contributed by atoms with van der Waals surface area (Å²) in [6.45, 7) is 1.69. The summed E-state index contributed by atoms with van der Waals surface area (Å²) < 4.78 is 24.7. The number of hydrogen-bond acceptors (Lipinski definition) is 5. The standard InChI is InChI=1S/C16H13Cl2FN2O3/c1-2-23-16(22)14-11(6-17)24-15(21)8(7-20)12(14)13-9(18)4-3-5-10(13)19/h3-5,12H,2,6,21H2,1H3. The first-order valence-electron chi connectivity index (χ1n) is 6.93. The van der Waals surface area contributed by atoms with E-state index in [2.05, 4.69) is 0 Å². The number of ether oxygens (including phenoxy) is 2. The van der Waals surface area contributed by atoms with Gasteiger partial charge in [0.25, 0.3) is 0 Å². The Morgan fingerprint density at radius 3 is 2.79 bits per heavy atom. The van der Waals surface area contributed by atoms with Gasteiger partial charge in [-0.3, -0.25) is 0 Å². The molecule has 1 heterocycles. The third-order valence-corrected chi connectivity index (χ3v) is 3.97. The molecular weight excluding hydrogens is 358 g/mol. The molecule has 2 N–H and O–H groups in total. The van der Waals surface area contributed by atoms with Crippen LogP contribution in [0.2, 0.25) is 5.02 Å². The van der Waals surface area contributed by atoms with E-state index in [0.717, 1.165) is 0 Å². The van der Waals surface area contributed by atoms with E-state index in [-0.39, 0.29) is 45.9 Å². The second-order valence-corrected chi connectivity index (χ2v) is 5.43. The predicted molar refractivity (Wildman–Crippen MR) is 86.4 cm³/mol. The Kier molecular flexibility index (Phi) is 5.71. The minimum absolute atomic E-state index is 0.00376. The van der Waals surface area contributed by atoms with Gasteiger partial charge in [0.05, 0.1) is 24.0 Å². The van der Waals surface area contributed by atoms with Gasteiger partial charge >= 0.3 is 5.97 Å². The molecule has 1 aliphatic heterocycles. The molecule has 126 valence electrons. The van der Waals surface area contributed by atoms with Crippen LogP contribution in [0.25, 0.3) is 0 Å². The Hall–Kier alpha value is -2.23. The Bertz CT molecular complexity index is 764. The van der Waals surface area contributed by atoms with E-state index < -0.39 is 17.7 Å². The molecule has 1 aromatic carbocycles. The fraction of sp³-hybridized carbons (Fsp3) is 0.250. The van der Waals surface area contributed by atoms with Gasteiger partial charge in [-0.05, 0) is 19.1 Å². The van der Waals surface area contributed by atoms with Crippen molar-refractivity contribution in [1.29, 1.82) is 5.26 Å². The predicted octanol–water partition coefficient (Wildman–Crippen LogP) is 3.34. The van der Waals surface area contributed by atoms with Gasteiger partial charge in [0.1, 0.15) is 23.2 Å². The van der Waals surface area contributed by atoms with Crippen molar-refractivity contribution in [2.24, 2.45) is 5.73 Å². The second-order valence-electron chi connectivity index (χ2n) is 4.75. The number of nitrogens with two attached hydrogens (primary N) is 1. The number of carbonyl (C=O) groups excluding carboxylic acids is 1. The Morgan fingerprint density at radius 1 is 1.54 bits per heavy atom. The molecule has 8 heteroatoms. The van der Waals surface area contributed by atoms with Crippen LogP contribution in [0.1, 0.15) is 18.4 Å². The van der Waals surface area contributed by atoms with Crippen LogP contribution in [0.3, 0.4) is 0 Å². The van der Waals surface area contributed by atoms with Gasteiger partial charge in [-0.15, -0.1) is 11.6 Å². The van der Waals surface area contributed by atoms with Crippen LogP contribution in [-0.2, 0) is 14.3 Å². The van der Waals surface area contributed by atoms with Crippen LogP contribution >= 0.6 is 23.2 Å². The summed E-state index contributed by atoms with van der Waals surface area (Å²) in [6, 6.07) is 5.88. The largest absolute Gasteiger partial charge is 0.463 e. The summed E-state index contributed by atoms with van der Waals surface area (Å²) in [5.74, 6) is -3.11. The van der Waals surface area contributed by atoms with Crippen molar-refractivity contribution in [2.45, 2.75) is 12.8 Å². The van der Waals surface area contributed by atoms with E-state index in [1.807, 2.05) is 6.07 Å². The summed E-state index contributed by atoms with van der Waals surface area (Å²) in [5, 5.41) is 9.46. The average molecular weight is 371 g/mol. The number of esters is 1. The number of halogens is 3. The van der Waals surface area contributed by atoms with Crippen LogP contribution in [0.15, 0.2) is 41.0 Å². The Labute approximate surface area is 148 Å². The smallest absolute Gasteiger partial charge is 0.338 e. The van der Waals surface area contributed by atoms with E-state index in [9.17, 15) is 14.4 Å². The number of nitrogens with zero attached hydrogens (tertiary/aromatic N) is 1. The van der Waals surface area contributed by atoms with Gasteiger partial charge in [0, 0.05) is 10.6 Å². The zero-order valence-electron chi connectivity index (χ0n) is 12.6. The Balaban J connectivity index is 2.76. The molecule has 0 saturated heterocycles. The first-order chi connectivity index (χ1) is 11.5. The number of nitriles is 1. The van der Waals surface area contributed by atoms with E-state index in [1.165, 1.54) is 18.2 Å². The average Bonchev–Trinajstić information content (AvgIpc) is 2.54. The van der Waals surface area contributed by atoms with Crippen LogP contribution in [0, 0.1) is 17.1 Å². The third-order valence-electron chi connectivity index (χ3n) is 3.40. The highest BCUT2D eigenvalue weighted by Gasteiger charge is 2.39. The molecule has 1 aromatic rings. The van der Waals surface area contributed by atoms with Crippen LogP contribution < -0.4 is 5.73 Å². The van der Waals surface area contributed by atoms with Crippen molar-refractivity contribution in [3.63, 3.8) is 0 Å². The van der Waals surface area contributed by atoms with Crippen LogP contribution in [-0.4, -0.2) is 18.5 Å². The highest BCUT2D eigenvalue weighted by Crippen LogP contribution is 2.43. The van der Waals surface area contributed by atoms with Crippen LogP contribution in [0.4, 0.5) is 4.39 Å². The zero-order chi connectivity index (χ0) is 17.9. The molecule has 0 aliphatic carbocycles. The molecular formula is C16H13Cl2FN2O3. The normalized spacial score (nSPS) is 17.4. The molecule has 0 aromatic heterocycles. The molecule has 1 unspecified atom stereocenters. The van der Waals surface area contributed by atoms with Crippen molar-refractivity contribution >= 4 is 29.2 Å². The van der Waals surface area contributed by atoms with E-state index in [4.69, 9.17) is 38.4 Å². The highest BCUT2D eigenvalue weighted by atomic mass is 35.5. The van der Waals surface area contributed by atoms with Crippen molar-refractivity contribution in [3.05, 3.63) is 57.4 Å². The van der Waals surface area contributed by atoms with Gasteiger partial charge in [0.15, 0.2) is 0 Å². The van der Waals surface area contributed by atoms with Gasteiger partial charge in [-0.2, -0.15) is 5.26 Å². The van der Waals surface area contributed by atoms with Crippen molar-refractivity contribution < 1.29 is 18.7 Å². The molecule has 2 rings (SSSR count). The number of hydrogen-bond donors (Lipinski definition) is 1. The fourth-order valence-electron chi connectivity index (χ4n) is 2.42. The summed E-state index contributed by atoms with van der Waals surface area (Å²) >= 11 is 11.9. The maximum atomic E-state index is 14.4. The van der Waals surface area contributed by atoms with Crippen molar-refractivity contribution in [3.8, 4) is 6.07 Å². The lowest BCUT2D eigenvalue weighted by Gasteiger charge is -2.28. The maximum Gasteiger partial charge on any atom is 0.338 e. The topological polar surface area (TPSA) is 85.3 Å². The van der Waals surface area contributed by atoms with E-state index in [1.54, 1.807) is 6.92 Å². The molecule has 1 atom stereocenters. The van der Waals surface area contributed by atoms with Gasteiger partial charge in [-0.25, -0.2) is 9.18 Å². The SMILES string of the molecule is CCOC(=O)C1=C(CCl)OC(N)=C(C#N)C1c1c(F)cccc1Cl. The summed E-state index contributed by atoms with van der Waals surface area (Å²) in [4.78, 5) is 12.4. The van der Waals surface area contributed by atoms with E-state index >= 15 is 0 Å². The molecule has 0 fully saturated rings. The van der Waals surface area contributed by atoms with Gasteiger partial charge in [0.2, 0.25) is 5.88 Å². The number of carbonyl (C=O) groups is 1. The molecule has 0 amide bonds. The van der Waals surface area contributed by atoms with Crippen molar-refractivity contribution in [1.82, 2.24) is 0 Å². The highest BCUT2D eigenvalue weighted by molar-refractivity contribution is 6.31. The lowest BCUT2D eigenvalue weighted by Crippen LogP contribution is -2.27. The molecule has 0 spiro atoms. The summed E-state index contributed by atoms with van der Waals surface area (Å²) in [5.41, 5.74) is 5.45. The molecule has 5 nitrogen and oxygen atoms in total. The lowest BCUT2D eigenvalue weighted by atomic mass is 9.82. The second kappa shape index (κ2) is 7.56. The number of benzene rings is 1. The molecule has 1 aliphatic rings. The molecule has 24 heavy (non-hydrogen) atoms. The number of alkyl halides is 1. The van der Waals surface area contributed by atoms with Crippen molar-refractivity contribution in [2.75, 3.05) is 12.5 Å². The molecule has 0 bridgehead atoms. The molecule has 0 radical (unpaired) electrons. The monoisotopic (exact) mass is 370 g/mol. The van der Waals surface area contributed by atoms with E-state index in [0.29, 0.717) is 0 Å². The summed E-state index contributed by atoms with van der Waals surface area (Å²) in [7, 11) is 0. The lowest BCUT2D eigenvalue weighted by molar-refractivity contribution is -0.139. The molecule has 0 saturated carbocycles. The zero-order valence-corrected chi connectivity index (χ0v) is 14.1. The quantitative estimate of drug-likeness (QED) is 0.648. The number of allylic oxidation sites excluding steroid dienone is 2. The third kappa shape index (κ3) is 3.18. The minimum Gasteiger partial charge on any atom is -0.463 e. The first-order valence-corrected chi connectivity index (χ1v) is 7.85. The summed E-state index contributed by atoms with van der Waals surface area (Å²) in [6.07, 6.45) is 0. The fourth-order valence-corrected chi connectivity index (χ4v) is 2.90. The number of rotatable bonds is 4. The van der Waals surface area contributed by atoms with Gasteiger partial charge in [-0.1, -0.05) is 17.7 Å². The maximum absolute atomic E-state index is 14.4.